The summed E-state index contributed by atoms with van der Waals surface area (Å²) in [6, 6.07) is 13.0. The van der Waals surface area contributed by atoms with Crippen LogP contribution < -0.4 is 5.14 Å². The number of nitrogens with zero attached hydrogens (tertiary/aromatic N) is 2. The molecule has 0 aliphatic carbocycles. The molecule has 3 rings (SSSR count). The fourth-order valence-corrected chi connectivity index (χ4v) is 3.19. The molecule has 5 nitrogen and oxygen atoms in total. The second kappa shape index (κ2) is 6.67. The molecule has 2 N–H and O–H groups in total. The van der Waals surface area contributed by atoms with Crippen molar-refractivity contribution in [2.24, 2.45) is 5.14 Å². The van der Waals surface area contributed by atoms with Crippen LogP contribution in [0.5, 0.6) is 0 Å². The van der Waals surface area contributed by atoms with E-state index >= 15 is 0 Å². The van der Waals surface area contributed by atoms with Crippen molar-refractivity contribution in [2.45, 2.75) is 11.1 Å². The molecule has 1 aromatic heterocycles. The van der Waals surface area contributed by atoms with Gasteiger partial charge in [0.2, 0.25) is 10.0 Å². The molecule has 26 heavy (non-hydrogen) atoms. The molecule has 0 bridgehead atoms. The minimum absolute atomic E-state index is 0.139. The fourth-order valence-electron chi connectivity index (χ4n) is 2.32. The standard InChI is InChI=1S/C16H11F3IN3O2S/c17-16(18,19)15-9-14(10-1-3-11(20)4-2-10)23(22-15)12-5-7-13(8-6-12)26(21,24)25/h1-9H,(H2,21,24,25). The van der Waals surface area contributed by atoms with Gasteiger partial charge in [-0.25, -0.2) is 18.2 Å². The van der Waals surface area contributed by atoms with E-state index in [0.29, 0.717) is 5.56 Å². The van der Waals surface area contributed by atoms with Crippen LogP contribution >= 0.6 is 22.6 Å². The van der Waals surface area contributed by atoms with E-state index in [1.54, 1.807) is 24.3 Å². The molecular weight excluding hydrogens is 482 g/mol. The normalized spacial score (nSPS) is 12.3. The van der Waals surface area contributed by atoms with Gasteiger partial charge in [0, 0.05) is 9.13 Å². The summed E-state index contributed by atoms with van der Waals surface area (Å²) < 4.78 is 64.1. The van der Waals surface area contributed by atoms with E-state index in [9.17, 15) is 21.6 Å². The maximum Gasteiger partial charge on any atom is 0.435 e. The number of primary sulfonamides is 1. The zero-order valence-corrected chi connectivity index (χ0v) is 15.9. The monoisotopic (exact) mass is 493 g/mol. The highest BCUT2D eigenvalue weighted by Gasteiger charge is 2.35. The van der Waals surface area contributed by atoms with E-state index in [1.165, 1.54) is 24.3 Å². The zero-order chi connectivity index (χ0) is 19.1. The third-order valence-corrected chi connectivity index (χ3v) is 5.20. The van der Waals surface area contributed by atoms with Gasteiger partial charge in [-0.3, -0.25) is 0 Å². The van der Waals surface area contributed by atoms with Crippen LogP contribution in [0.1, 0.15) is 5.69 Å². The second-order valence-corrected chi connectivity index (χ2v) is 8.18. The molecule has 0 saturated heterocycles. The number of hydrogen-bond acceptors (Lipinski definition) is 3. The molecule has 3 aromatic rings. The van der Waals surface area contributed by atoms with E-state index in [-0.39, 0.29) is 16.3 Å². The Kier molecular flexibility index (Phi) is 4.84. The molecule has 0 unspecified atom stereocenters. The molecular formula is C16H11F3IN3O2S. The van der Waals surface area contributed by atoms with Gasteiger partial charge >= 0.3 is 6.18 Å². The summed E-state index contributed by atoms with van der Waals surface area (Å²) in [5, 5.41) is 8.69. The maximum absolute atomic E-state index is 13.1. The Bertz CT molecular complexity index is 1040. The summed E-state index contributed by atoms with van der Waals surface area (Å²) in [6.45, 7) is 0. The van der Waals surface area contributed by atoms with E-state index in [1.807, 2.05) is 0 Å². The highest BCUT2D eigenvalue weighted by Crippen LogP contribution is 2.33. The van der Waals surface area contributed by atoms with Gasteiger partial charge in [0.25, 0.3) is 0 Å². The van der Waals surface area contributed by atoms with Crippen molar-refractivity contribution in [3.63, 3.8) is 0 Å². The number of benzene rings is 2. The lowest BCUT2D eigenvalue weighted by Crippen LogP contribution is -2.12. The van der Waals surface area contributed by atoms with Gasteiger partial charge in [0.15, 0.2) is 5.69 Å². The number of halogens is 4. The number of alkyl halides is 3. The Hall–Kier alpha value is -1.92. The average Bonchev–Trinajstić information content (AvgIpc) is 3.00. The molecule has 0 aliphatic rings. The highest BCUT2D eigenvalue weighted by atomic mass is 127. The Labute approximate surface area is 160 Å². The molecule has 136 valence electrons. The quantitative estimate of drug-likeness (QED) is 0.564. The molecule has 0 amide bonds. The van der Waals surface area contributed by atoms with Crippen molar-refractivity contribution in [3.05, 3.63) is 63.9 Å². The largest absolute Gasteiger partial charge is 0.435 e. The first-order valence-electron chi connectivity index (χ1n) is 7.12. The lowest BCUT2D eigenvalue weighted by molar-refractivity contribution is -0.141. The zero-order valence-electron chi connectivity index (χ0n) is 12.9. The summed E-state index contributed by atoms with van der Waals surface area (Å²) in [5.74, 6) is 0. The summed E-state index contributed by atoms with van der Waals surface area (Å²) in [5.41, 5.74) is 0.0176. The van der Waals surface area contributed by atoms with Gasteiger partial charge < -0.3 is 0 Å². The molecule has 1 heterocycles. The molecule has 0 spiro atoms. The van der Waals surface area contributed by atoms with Crippen molar-refractivity contribution in [3.8, 4) is 16.9 Å². The summed E-state index contributed by atoms with van der Waals surface area (Å²) >= 11 is 2.09. The van der Waals surface area contributed by atoms with Gasteiger partial charge in [-0.05, 0) is 65.1 Å². The summed E-state index contributed by atoms with van der Waals surface area (Å²) in [6.07, 6.45) is -4.61. The molecule has 0 atom stereocenters. The second-order valence-electron chi connectivity index (χ2n) is 5.37. The van der Waals surface area contributed by atoms with Crippen LogP contribution in [0.25, 0.3) is 16.9 Å². The molecule has 10 heteroatoms. The Balaban J connectivity index is 2.16. The Morgan fingerprint density at radius 3 is 2.08 bits per heavy atom. The predicted octanol–water partition coefficient (Wildman–Crippen LogP) is 3.81. The third-order valence-electron chi connectivity index (χ3n) is 3.55. The Morgan fingerprint density at radius 2 is 1.58 bits per heavy atom. The van der Waals surface area contributed by atoms with E-state index < -0.39 is 21.9 Å². The number of aromatic nitrogens is 2. The van der Waals surface area contributed by atoms with Crippen LogP contribution in [0.3, 0.4) is 0 Å². The molecule has 2 aromatic carbocycles. The van der Waals surface area contributed by atoms with Crippen molar-refractivity contribution in [1.29, 1.82) is 0 Å². The smallest absolute Gasteiger partial charge is 0.233 e. The molecule has 0 saturated carbocycles. The van der Waals surface area contributed by atoms with Gasteiger partial charge in [-0.1, -0.05) is 12.1 Å². The van der Waals surface area contributed by atoms with Crippen LogP contribution in [0.4, 0.5) is 13.2 Å². The molecule has 0 fully saturated rings. The fraction of sp³-hybridized carbons (Fsp3) is 0.0625. The van der Waals surface area contributed by atoms with E-state index in [0.717, 1.165) is 14.3 Å². The summed E-state index contributed by atoms with van der Waals surface area (Å²) in [7, 11) is -3.90. The first kappa shape index (κ1) is 18.9. The van der Waals surface area contributed by atoms with E-state index in [4.69, 9.17) is 5.14 Å². The minimum atomic E-state index is -4.61. The van der Waals surface area contributed by atoms with Crippen LogP contribution in [0.2, 0.25) is 0 Å². The number of sulfonamides is 1. The molecule has 0 radical (unpaired) electrons. The number of nitrogens with two attached hydrogens (primary N) is 1. The van der Waals surface area contributed by atoms with E-state index in [2.05, 4.69) is 27.7 Å². The van der Waals surface area contributed by atoms with Crippen molar-refractivity contribution < 1.29 is 21.6 Å². The van der Waals surface area contributed by atoms with Crippen LogP contribution in [0.15, 0.2) is 59.5 Å². The van der Waals surface area contributed by atoms with Crippen LogP contribution in [-0.4, -0.2) is 18.2 Å². The SMILES string of the molecule is NS(=O)(=O)c1ccc(-n2nc(C(F)(F)F)cc2-c2ccc(I)cc2)cc1. The lowest BCUT2D eigenvalue weighted by Gasteiger charge is -2.08. The van der Waals surface area contributed by atoms with Crippen molar-refractivity contribution >= 4 is 32.6 Å². The van der Waals surface area contributed by atoms with Gasteiger partial charge in [-0.15, -0.1) is 0 Å². The highest BCUT2D eigenvalue weighted by molar-refractivity contribution is 14.1. The van der Waals surface area contributed by atoms with Crippen LogP contribution in [0, 0.1) is 3.57 Å². The summed E-state index contributed by atoms with van der Waals surface area (Å²) in [4.78, 5) is -0.139. The predicted molar refractivity (Wildman–Crippen MR) is 98.1 cm³/mol. The van der Waals surface area contributed by atoms with Gasteiger partial charge in [0.1, 0.15) is 0 Å². The van der Waals surface area contributed by atoms with Crippen molar-refractivity contribution in [2.75, 3.05) is 0 Å². The molecule has 0 aliphatic heterocycles. The lowest BCUT2D eigenvalue weighted by atomic mass is 10.1. The maximum atomic E-state index is 13.1. The Morgan fingerprint density at radius 1 is 1.00 bits per heavy atom. The van der Waals surface area contributed by atoms with Crippen LogP contribution in [-0.2, 0) is 16.2 Å². The van der Waals surface area contributed by atoms with Gasteiger partial charge in [0.05, 0.1) is 16.3 Å². The number of hydrogen-bond donors (Lipinski definition) is 1. The van der Waals surface area contributed by atoms with Crippen molar-refractivity contribution in [1.82, 2.24) is 9.78 Å². The third kappa shape index (κ3) is 3.91. The average molecular weight is 493 g/mol. The minimum Gasteiger partial charge on any atom is -0.233 e. The first-order valence-corrected chi connectivity index (χ1v) is 9.75. The topological polar surface area (TPSA) is 78.0 Å². The van der Waals surface area contributed by atoms with Gasteiger partial charge in [-0.2, -0.15) is 18.3 Å². The number of rotatable bonds is 3. The first-order chi connectivity index (χ1) is 12.1.